The highest BCUT2D eigenvalue weighted by atomic mass is 15.1. The molecule has 3 rings (SSSR count). The predicted octanol–water partition coefficient (Wildman–Crippen LogP) is 2.12. The molecule has 6 heteroatoms. The van der Waals surface area contributed by atoms with E-state index in [1.165, 1.54) is 0 Å². The van der Waals surface area contributed by atoms with Crippen LogP contribution >= 0.6 is 0 Å². The number of nitrogens with one attached hydrogen (secondary N) is 1. The van der Waals surface area contributed by atoms with Crippen LogP contribution in [-0.2, 0) is 7.05 Å². The molecule has 3 aromatic heterocycles. The van der Waals surface area contributed by atoms with Gasteiger partial charge in [-0.1, -0.05) is 6.07 Å². The lowest BCUT2D eigenvalue weighted by Crippen LogP contribution is -2.11. The first-order valence-corrected chi connectivity index (χ1v) is 6.41. The normalized spacial score (nSPS) is 12.5. The number of aryl methyl sites for hydroxylation is 1. The second-order valence-corrected chi connectivity index (χ2v) is 4.71. The Bertz CT molecular complexity index is 734. The zero-order chi connectivity index (χ0) is 14.1. The van der Waals surface area contributed by atoms with Crippen LogP contribution in [0.25, 0.3) is 11.0 Å². The Kier molecular flexibility index (Phi) is 2.98. The summed E-state index contributed by atoms with van der Waals surface area (Å²) in [5.74, 6) is 0.984. The van der Waals surface area contributed by atoms with Gasteiger partial charge < -0.3 is 15.6 Å². The summed E-state index contributed by atoms with van der Waals surface area (Å²) in [6, 6.07) is 7.79. The van der Waals surface area contributed by atoms with Crippen LogP contribution < -0.4 is 11.1 Å². The maximum atomic E-state index is 5.76. The molecule has 0 fully saturated rings. The third-order valence-electron chi connectivity index (χ3n) is 3.22. The largest absolute Gasteiger partial charge is 0.368 e. The second kappa shape index (κ2) is 4.80. The predicted molar refractivity (Wildman–Crippen MR) is 79.2 cm³/mol. The van der Waals surface area contributed by atoms with Crippen molar-refractivity contribution < 1.29 is 0 Å². The van der Waals surface area contributed by atoms with Crippen molar-refractivity contribution >= 4 is 22.8 Å². The fourth-order valence-corrected chi connectivity index (χ4v) is 2.22. The van der Waals surface area contributed by atoms with Gasteiger partial charge in [-0.05, 0) is 25.1 Å². The van der Waals surface area contributed by atoms with Gasteiger partial charge in [0.25, 0.3) is 0 Å². The molecule has 0 aliphatic heterocycles. The van der Waals surface area contributed by atoms with Crippen LogP contribution in [0.1, 0.15) is 18.7 Å². The molecule has 3 N–H and O–H groups in total. The van der Waals surface area contributed by atoms with E-state index in [9.17, 15) is 0 Å². The Hall–Kier alpha value is -2.63. The molecule has 0 saturated carbocycles. The highest BCUT2D eigenvalue weighted by Gasteiger charge is 2.13. The standard InChI is InChI=1S/C14H16N6/c1-9(10-5-3-4-7-16-10)17-13-12-11(6-8-20(12)2)18-14(15)19-13/h3-9H,1-2H3,(H3,15,17,18,19). The van der Waals surface area contributed by atoms with Gasteiger partial charge in [-0.3, -0.25) is 4.98 Å². The Morgan fingerprint density at radius 3 is 2.85 bits per heavy atom. The molecule has 3 aromatic rings. The summed E-state index contributed by atoms with van der Waals surface area (Å²) in [7, 11) is 1.96. The summed E-state index contributed by atoms with van der Waals surface area (Å²) < 4.78 is 1.97. The van der Waals surface area contributed by atoms with E-state index in [1.54, 1.807) is 6.20 Å². The lowest BCUT2D eigenvalue weighted by molar-refractivity contribution is 0.830. The Labute approximate surface area is 116 Å². The first-order chi connectivity index (χ1) is 9.65. The number of nitrogens with two attached hydrogens (primary N) is 1. The van der Waals surface area contributed by atoms with Gasteiger partial charge in [-0.2, -0.15) is 4.98 Å². The van der Waals surface area contributed by atoms with Crippen molar-refractivity contribution in [2.24, 2.45) is 7.05 Å². The number of anilines is 2. The molecule has 1 unspecified atom stereocenters. The average molecular weight is 268 g/mol. The first kappa shape index (κ1) is 12.4. The number of rotatable bonds is 3. The molecule has 0 aliphatic carbocycles. The minimum atomic E-state index is 0.0311. The molecule has 0 aromatic carbocycles. The maximum absolute atomic E-state index is 5.76. The molecule has 0 saturated heterocycles. The van der Waals surface area contributed by atoms with Crippen LogP contribution in [0.5, 0.6) is 0 Å². The Morgan fingerprint density at radius 2 is 2.10 bits per heavy atom. The van der Waals surface area contributed by atoms with E-state index in [1.807, 2.05) is 49.0 Å². The second-order valence-electron chi connectivity index (χ2n) is 4.71. The summed E-state index contributed by atoms with van der Waals surface area (Å²) in [4.78, 5) is 12.9. The number of pyridine rings is 1. The highest BCUT2D eigenvalue weighted by molar-refractivity contribution is 5.87. The fourth-order valence-electron chi connectivity index (χ4n) is 2.22. The van der Waals surface area contributed by atoms with E-state index in [0.29, 0.717) is 0 Å². The van der Waals surface area contributed by atoms with Crippen molar-refractivity contribution in [3.05, 3.63) is 42.4 Å². The summed E-state index contributed by atoms with van der Waals surface area (Å²) in [6.45, 7) is 2.04. The topological polar surface area (TPSA) is 81.6 Å². The number of nitrogen functional groups attached to an aromatic ring is 1. The fraction of sp³-hybridized carbons (Fsp3) is 0.214. The van der Waals surface area contributed by atoms with Crippen LogP contribution in [-0.4, -0.2) is 19.5 Å². The lowest BCUT2D eigenvalue weighted by Gasteiger charge is -2.15. The molecule has 6 nitrogen and oxygen atoms in total. The summed E-state index contributed by atoms with van der Waals surface area (Å²) in [5, 5.41) is 3.35. The van der Waals surface area contributed by atoms with Gasteiger partial charge in [-0.25, -0.2) is 4.98 Å². The van der Waals surface area contributed by atoms with E-state index in [4.69, 9.17) is 5.73 Å². The van der Waals surface area contributed by atoms with E-state index in [-0.39, 0.29) is 12.0 Å². The SMILES string of the molecule is CC(Nc1nc(N)nc2ccn(C)c12)c1ccccn1. The van der Waals surface area contributed by atoms with Crippen LogP contribution in [0.15, 0.2) is 36.7 Å². The molecule has 0 amide bonds. The molecule has 0 spiro atoms. The average Bonchev–Trinajstić information content (AvgIpc) is 2.81. The molecular weight excluding hydrogens is 252 g/mol. The van der Waals surface area contributed by atoms with Crippen molar-refractivity contribution in [3.63, 3.8) is 0 Å². The van der Waals surface area contributed by atoms with E-state index >= 15 is 0 Å². The zero-order valence-electron chi connectivity index (χ0n) is 11.4. The quantitative estimate of drug-likeness (QED) is 0.760. The molecule has 102 valence electrons. The van der Waals surface area contributed by atoms with E-state index in [0.717, 1.165) is 22.5 Å². The third-order valence-corrected chi connectivity index (χ3v) is 3.22. The molecule has 0 bridgehead atoms. The van der Waals surface area contributed by atoms with Crippen LogP contribution in [0.2, 0.25) is 0 Å². The van der Waals surface area contributed by atoms with Crippen molar-refractivity contribution in [2.45, 2.75) is 13.0 Å². The third kappa shape index (κ3) is 2.16. The van der Waals surface area contributed by atoms with Crippen molar-refractivity contribution in [1.29, 1.82) is 0 Å². The minimum Gasteiger partial charge on any atom is -0.368 e. The van der Waals surface area contributed by atoms with Gasteiger partial charge in [0, 0.05) is 19.4 Å². The van der Waals surface area contributed by atoms with Crippen LogP contribution in [0.3, 0.4) is 0 Å². The first-order valence-electron chi connectivity index (χ1n) is 6.41. The number of fused-ring (bicyclic) bond motifs is 1. The summed E-state index contributed by atoms with van der Waals surface area (Å²) >= 11 is 0. The van der Waals surface area contributed by atoms with Crippen LogP contribution in [0, 0.1) is 0 Å². The minimum absolute atomic E-state index is 0.0311. The molecule has 3 heterocycles. The Balaban J connectivity index is 2.00. The zero-order valence-corrected chi connectivity index (χ0v) is 11.4. The monoisotopic (exact) mass is 268 g/mol. The number of hydrogen-bond donors (Lipinski definition) is 2. The van der Waals surface area contributed by atoms with Crippen molar-refractivity contribution in [3.8, 4) is 0 Å². The van der Waals surface area contributed by atoms with Gasteiger partial charge in [0.1, 0.15) is 5.52 Å². The molecule has 0 radical (unpaired) electrons. The lowest BCUT2D eigenvalue weighted by atomic mass is 10.2. The smallest absolute Gasteiger partial charge is 0.222 e. The van der Waals surface area contributed by atoms with Gasteiger partial charge >= 0.3 is 0 Å². The number of nitrogens with zero attached hydrogens (tertiary/aromatic N) is 4. The summed E-state index contributed by atoms with van der Waals surface area (Å²) in [6.07, 6.45) is 3.72. The molecule has 1 atom stereocenters. The van der Waals surface area contributed by atoms with Crippen LogP contribution in [0.4, 0.5) is 11.8 Å². The van der Waals surface area contributed by atoms with E-state index < -0.39 is 0 Å². The summed E-state index contributed by atoms with van der Waals surface area (Å²) in [5.41, 5.74) is 8.47. The van der Waals surface area contributed by atoms with Gasteiger partial charge in [0.2, 0.25) is 5.95 Å². The van der Waals surface area contributed by atoms with Crippen molar-refractivity contribution in [1.82, 2.24) is 19.5 Å². The van der Waals surface area contributed by atoms with Gasteiger partial charge in [0.05, 0.1) is 17.3 Å². The highest BCUT2D eigenvalue weighted by Crippen LogP contribution is 2.25. The molecular formula is C14H16N6. The molecule has 0 aliphatic rings. The Morgan fingerprint density at radius 1 is 1.25 bits per heavy atom. The van der Waals surface area contributed by atoms with Crippen molar-refractivity contribution in [2.75, 3.05) is 11.1 Å². The van der Waals surface area contributed by atoms with Gasteiger partial charge in [-0.15, -0.1) is 0 Å². The van der Waals surface area contributed by atoms with Gasteiger partial charge in [0.15, 0.2) is 5.82 Å². The maximum Gasteiger partial charge on any atom is 0.222 e. The van der Waals surface area contributed by atoms with E-state index in [2.05, 4.69) is 20.3 Å². The number of hydrogen-bond acceptors (Lipinski definition) is 5. The molecule has 20 heavy (non-hydrogen) atoms. The number of aromatic nitrogens is 4.